The SMILES string of the molecule is O=C1N[C@H](C(=O)O)CS(=O)(=O)N1. The van der Waals surface area contributed by atoms with Crippen LogP contribution in [0.2, 0.25) is 0 Å². The Morgan fingerprint density at radius 1 is 1.58 bits per heavy atom. The lowest BCUT2D eigenvalue weighted by Gasteiger charge is -2.20. The number of sulfonamides is 1. The summed E-state index contributed by atoms with van der Waals surface area (Å²) in [4.78, 5) is 20.8. The van der Waals surface area contributed by atoms with Crippen LogP contribution in [0.1, 0.15) is 0 Å². The average molecular weight is 194 g/mol. The van der Waals surface area contributed by atoms with E-state index in [2.05, 4.69) is 0 Å². The summed E-state index contributed by atoms with van der Waals surface area (Å²) in [6.07, 6.45) is 0. The first-order valence-corrected chi connectivity index (χ1v) is 4.60. The Kier molecular flexibility index (Phi) is 1.92. The van der Waals surface area contributed by atoms with E-state index in [-0.39, 0.29) is 0 Å². The molecule has 2 amide bonds. The van der Waals surface area contributed by atoms with Gasteiger partial charge >= 0.3 is 12.0 Å². The van der Waals surface area contributed by atoms with Gasteiger partial charge in [-0.1, -0.05) is 0 Å². The van der Waals surface area contributed by atoms with Crippen LogP contribution in [-0.2, 0) is 14.8 Å². The molecule has 8 heteroatoms. The Morgan fingerprint density at radius 3 is 2.58 bits per heavy atom. The number of carboxylic acid groups (broad SMARTS) is 1. The van der Waals surface area contributed by atoms with Crippen molar-refractivity contribution in [1.82, 2.24) is 10.0 Å². The molecule has 1 aliphatic heterocycles. The number of carbonyl (C=O) groups excluding carboxylic acids is 1. The van der Waals surface area contributed by atoms with Crippen molar-refractivity contribution in [1.29, 1.82) is 0 Å². The monoisotopic (exact) mass is 194 g/mol. The number of hydrogen-bond donors (Lipinski definition) is 3. The van der Waals surface area contributed by atoms with Crippen molar-refractivity contribution in [2.75, 3.05) is 5.75 Å². The van der Waals surface area contributed by atoms with Gasteiger partial charge in [-0.05, 0) is 0 Å². The lowest BCUT2D eigenvalue weighted by Crippen LogP contribution is -2.57. The summed E-state index contributed by atoms with van der Waals surface area (Å²) in [5.74, 6) is -2.00. The molecule has 68 valence electrons. The van der Waals surface area contributed by atoms with Crippen LogP contribution in [0.15, 0.2) is 0 Å². The van der Waals surface area contributed by atoms with Gasteiger partial charge in [-0.15, -0.1) is 0 Å². The fourth-order valence-electron chi connectivity index (χ4n) is 0.765. The van der Waals surface area contributed by atoms with Gasteiger partial charge in [0.25, 0.3) is 0 Å². The number of carboxylic acids is 1. The Balaban J connectivity index is 2.85. The Morgan fingerprint density at radius 2 is 2.17 bits per heavy atom. The molecular weight excluding hydrogens is 188 g/mol. The molecule has 0 spiro atoms. The fraction of sp³-hybridized carbons (Fsp3) is 0.500. The van der Waals surface area contributed by atoms with Gasteiger partial charge in [0, 0.05) is 0 Å². The highest BCUT2D eigenvalue weighted by Gasteiger charge is 2.33. The molecule has 12 heavy (non-hydrogen) atoms. The normalized spacial score (nSPS) is 27.0. The molecule has 0 saturated carbocycles. The molecule has 1 fully saturated rings. The van der Waals surface area contributed by atoms with E-state index in [1.165, 1.54) is 0 Å². The summed E-state index contributed by atoms with van der Waals surface area (Å²) >= 11 is 0. The predicted molar refractivity (Wildman–Crippen MR) is 36.9 cm³/mol. The van der Waals surface area contributed by atoms with Crippen LogP contribution >= 0.6 is 0 Å². The quantitative estimate of drug-likeness (QED) is 0.450. The van der Waals surface area contributed by atoms with Crippen molar-refractivity contribution in [3.05, 3.63) is 0 Å². The summed E-state index contributed by atoms with van der Waals surface area (Å²) in [5, 5.41) is 10.3. The smallest absolute Gasteiger partial charge is 0.329 e. The molecule has 1 rings (SSSR count). The molecule has 1 aliphatic rings. The first-order chi connectivity index (χ1) is 5.41. The van der Waals surface area contributed by atoms with Crippen LogP contribution in [-0.4, -0.2) is 37.3 Å². The second kappa shape index (κ2) is 2.63. The molecule has 1 atom stereocenters. The summed E-state index contributed by atoms with van der Waals surface area (Å²) < 4.78 is 23.1. The first-order valence-electron chi connectivity index (χ1n) is 2.94. The highest BCUT2D eigenvalue weighted by Crippen LogP contribution is 1.97. The molecule has 0 aliphatic carbocycles. The van der Waals surface area contributed by atoms with Crippen LogP contribution in [0.25, 0.3) is 0 Å². The molecular formula is C4H6N2O5S. The van der Waals surface area contributed by atoms with Crippen LogP contribution in [0, 0.1) is 0 Å². The van der Waals surface area contributed by atoms with E-state index < -0.39 is 33.8 Å². The van der Waals surface area contributed by atoms with Gasteiger partial charge in [0.15, 0.2) is 0 Å². The van der Waals surface area contributed by atoms with E-state index in [1.54, 1.807) is 4.72 Å². The van der Waals surface area contributed by atoms with E-state index in [1.807, 2.05) is 5.32 Å². The maximum Gasteiger partial charge on any atom is 0.329 e. The lowest BCUT2D eigenvalue weighted by molar-refractivity contribution is -0.138. The maximum absolute atomic E-state index is 10.7. The number of rotatable bonds is 1. The van der Waals surface area contributed by atoms with Crippen molar-refractivity contribution in [3.63, 3.8) is 0 Å². The largest absolute Gasteiger partial charge is 0.480 e. The topological polar surface area (TPSA) is 113 Å². The summed E-state index contributed by atoms with van der Waals surface area (Å²) in [6, 6.07) is -2.36. The Bertz CT molecular complexity index is 320. The van der Waals surface area contributed by atoms with Crippen molar-refractivity contribution in [3.8, 4) is 0 Å². The van der Waals surface area contributed by atoms with Crippen molar-refractivity contribution in [2.24, 2.45) is 0 Å². The van der Waals surface area contributed by atoms with Gasteiger partial charge < -0.3 is 10.4 Å². The Labute approximate surface area is 67.8 Å². The summed E-state index contributed by atoms with van der Waals surface area (Å²) in [6.45, 7) is 0. The Hall–Kier alpha value is -1.31. The van der Waals surface area contributed by atoms with Gasteiger partial charge in [0.05, 0.1) is 0 Å². The highest BCUT2D eigenvalue weighted by atomic mass is 32.2. The molecule has 1 heterocycles. The number of nitrogens with one attached hydrogen (secondary N) is 2. The minimum Gasteiger partial charge on any atom is -0.480 e. The minimum atomic E-state index is -3.77. The highest BCUT2D eigenvalue weighted by molar-refractivity contribution is 7.90. The van der Waals surface area contributed by atoms with Crippen LogP contribution < -0.4 is 10.0 Å². The molecule has 7 nitrogen and oxygen atoms in total. The standard InChI is InChI=1S/C4H6N2O5S/c7-3(8)2-1-12(10,11)6-4(9)5-2/h2H,1H2,(H,7,8)(H2,5,6,9)/t2-/m0/s1. The molecule has 0 aromatic rings. The molecule has 0 bridgehead atoms. The van der Waals surface area contributed by atoms with E-state index in [0.29, 0.717) is 0 Å². The lowest BCUT2D eigenvalue weighted by atomic mass is 10.3. The fourth-order valence-corrected chi connectivity index (χ4v) is 1.85. The third-order valence-electron chi connectivity index (χ3n) is 1.24. The van der Waals surface area contributed by atoms with Crippen molar-refractivity contribution >= 4 is 22.0 Å². The van der Waals surface area contributed by atoms with E-state index >= 15 is 0 Å². The average Bonchev–Trinajstić information content (AvgIpc) is 1.82. The van der Waals surface area contributed by atoms with E-state index in [9.17, 15) is 18.0 Å². The molecule has 1 saturated heterocycles. The molecule has 0 unspecified atom stereocenters. The number of aliphatic carboxylic acids is 1. The van der Waals surface area contributed by atoms with E-state index in [0.717, 1.165) is 0 Å². The van der Waals surface area contributed by atoms with Crippen LogP contribution in [0.3, 0.4) is 0 Å². The van der Waals surface area contributed by atoms with Crippen molar-refractivity contribution in [2.45, 2.75) is 6.04 Å². The molecule has 0 aromatic heterocycles. The molecule has 0 radical (unpaired) electrons. The second-order valence-electron chi connectivity index (χ2n) is 2.25. The third-order valence-corrected chi connectivity index (χ3v) is 2.51. The van der Waals surface area contributed by atoms with Gasteiger partial charge in [0.2, 0.25) is 10.0 Å². The van der Waals surface area contributed by atoms with Crippen LogP contribution in [0.5, 0.6) is 0 Å². The second-order valence-corrected chi connectivity index (χ2v) is 4.01. The zero-order chi connectivity index (χ0) is 9.35. The zero-order valence-electron chi connectivity index (χ0n) is 5.77. The summed E-state index contributed by atoms with van der Waals surface area (Å²) in [7, 11) is -3.77. The maximum atomic E-state index is 10.7. The van der Waals surface area contributed by atoms with Gasteiger partial charge in [-0.3, -0.25) is 0 Å². The zero-order valence-corrected chi connectivity index (χ0v) is 6.59. The van der Waals surface area contributed by atoms with Crippen LogP contribution in [0.4, 0.5) is 4.79 Å². The number of urea groups is 1. The molecule has 3 N–H and O–H groups in total. The van der Waals surface area contributed by atoms with Gasteiger partial charge in [0.1, 0.15) is 11.8 Å². The van der Waals surface area contributed by atoms with Crippen molar-refractivity contribution < 1.29 is 23.1 Å². The molecule has 0 aromatic carbocycles. The third kappa shape index (κ3) is 1.84. The van der Waals surface area contributed by atoms with Gasteiger partial charge in [-0.2, -0.15) is 0 Å². The van der Waals surface area contributed by atoms with Gasteiger partial charge in [-0.25, -0.2) is 22.7 Å². The van der Waals surface area contributed by atoms with E-state index in [4.69, 9.17) is 5.11 Å². The number of carbonyl (C=O) groups is 2. The number of amides is 2. The summed E-state index contributed by atoms with van der Waals surface area (Å²) in [5.41, 5.74) is 0. The minimum absolute atomic E-state index is 0.631. The predicted octanol–water partition coefficient (Wildman–Crippen LogP) is -1.92. The first kappa shape index (κ1) is 8.78. The number of hydrogen-bond acceptors (Lipinski definition) is 4.